The summed E-state index contributed by atoms with van der Waals surface area (Å²) in [5, 5.41) is 77.9. The van der Waals surface area contributed by atoms with Crippen LogP contribution in [0.1, 0.15) is 317 Å². The van der Waals surface area contributed by atoms with E-state index in [1.54, 1.807) is 0 Å². The summed E-state index contributed by atoms with van der Waals surface area (Å²) < 4.78 is 40.8. The van der Waals surface area contributed by atoms with Crippen LogP contribution in [-0.4, -0.2) is 213 Å². The number of carbonyl (C=O) groups excluding carboxylic acids is 2. The summed E-state index contributed by atoms with van der Waals surface area (Å²) >= 11 is 0. The maximum Gasteiger partial charge on any atom is 0.220 e. The van der Waals surface area contributed by atoms with Crippen LogP contribution in [-0.2, 0) is 42.7 Å². The molecule has 0 radical (unpaired) electrons. The summed E-state index contributed by atoms with van der Waals surface area (Å²) in [4.78, 5) is 28.0. The van der Waals surface area contributed by atoms with Crippen molar-refractivity contribution in [1.29, 1.82) is 0 Å². The molecule has 0 aromatic rings. The van der Waals surface area contributed by atoms with E-state index < -0.39 is 30.2 Å². The summed E-state index contributed by atoms with van der Waals surface area (Å²) in [6.45, 7) is 15.8. The number of rotatable bonds is 75. The zero-order valence-electron chi connectivity index (χ0n) is 64.1. The van der Waals surface area contributed by atoms with E-state index in [-0.39, 0.29) is 60.9 Å². The van der Waals surface area contributed by atoms with Crippen LogP contribution in [0.15, 0.2) is 0 Å². The van der Waals surface area contributed by atoms with Crippen molar-refractivity contribution in [2.75, 3.05) is 119 Å². The lowest BCUT2D eigenvalue weighted by atomic mass is 9.98. The van der Waals surface area contributed by atoms with Crippen LogP contribution < -0.4 is 10.6 Å². The van der Waals surface area contributed by atoms with E-state index in [1.807, 2.05) is 13.8 Å². The summed E-state index contributed by atoms with van der Waals surface area (Å²) in [5.74, 6) is -2.20. The highest BCUT2D eigenvalue weighted by molar-refractivity contribution is 5.76. The number of hydrogen-bond acceptors (Lipinski definition) is 17. The van der Waals surface area contributed by atoms with Crippen LogP contribution >= 0.6 is 0 Å². The molecule has 2 aliphatic carbocycles. The number of ether oxygens (including phenoxy) is 7. The van der Waals surface area contributed by atoms with Gasteiger partial charge in [-0.3, -0.25) is 9.59 Å². The van der Waals surface area contributed by atoms with Crippen molar-refractivity contribution < 1.29 is 78.5 Å². The number of aliphatic hydroxyl groups excluding tert-OH is 6. The number of aliphatic hydroxyl groups is 7. The zero-order valence-corrected chi connectivity index (χ0v) is 64.1. The molecule has 0 aromatic heterocycles. The molecule has 9 N–H and O–H groups in total. The van der Waals surface area contributed by atoms with Gasteiger partial charge in [0.25, 0.3) is 0 Å². The van der Waals surface area contributed by atoms with E-state index >= 15 is 0 Å². The van der Waals surface area contributed by atoms with E-state index in [9.17, 15) is 45.3 Å². The molecule has 588 valence electrons. The first-order chi connectivity index (χ1) is 48.3. The first-order valence-corrected chi connectivity index (χ1v) is 41.4. The Balaban J connectivity index is 1.79. The predicted molar refractivity (Wildman–Crippen MR) is 399 cm³/mol. The maximum atomic E-state index is 12.8. The molecule has 0 heterocycles. The van der Waals surface area contributed by atoms with Crippen LogP contribution in [0.4, 0.5) is 0 Å². The SMILES string of the molecule is CCCCCCCCCCCCCCCCCCC(O)(CCCCCCCCCCCCCCCCCC)OCCCN(CCCCCC(=O)NCCOCCOCCOC(C)C1CC(CO)C(O)C1O)CCCCCC(=O)NCCOCCOCCOC(C)C1CC(CO)C(O)C1O. The molecule has 0 saturated heterocycles. The van der Waals surface area contributed by atoms with Crippen LogP contribution in [0.3, 0.4) is 0 Å². The monoisotopic (exact) mass is 1420 g/mol. The third kappa shape index (κ3) is 50.5. The Labute approximate surface area is 604 Å². The van der Waals surface area contributed by atoms with Gasteiger partial charge in [0.15, 0.2) is 5.79 Å². The van der Waals surface area contributed by atoms with Gasteiger partial charge in [-0.05, 0) is 84.7 Å². The molecule has 0 aliphatic heterocycles. The molecule has 19 nitrogen and oxygen atoms in total. The topological polar surface area (TPSA) is 268 Å². The molecule has 2 aliphatic rings. The summed E-state index contributed by atoms with van der Waals surface area (Å²) in [5.41, 5.74) is 0. The zero-order chi connectivity index (χ0) is 71.9. The van der Waals surface area contributed by atoms with Gasteiger partial charge in [-0.25, -0.2) is 0 Å². The van der Waals surface area contributed by atoms with Crippen LogP contribution in [0.5, 0.6) is 0 Å². The van der Waals surface area contributed by atoms with Gasteiger partial charge in [-0.1, -0.05) is 219 Å². The normalized spacial score (nSPS) is 20.2. The minimum atomic E-state index is -1.09. The summed E-state index contributed by atoms with van der Waals surface area (Å²) in [6.07, 6.45) is 47.6. The molecule has 10 atom stereocenters. The number of nitrogens with zero attached hydrogens (tertiary/aromatic N) is 1. The third-order valence-electron chi connectivity index (χ3n) is 21.1. The number of carbonyl (C=O) groups is 2. The van der Waals surface area contributed by atoms with Crippen LogP contribution in [0.25, 0.3) is 0 Å². The van der Waals surface area contributed by atoms with Crippen molar-refractivity contribution >= 4 is 11.8 Å². The predicted octanol–water partition coefficient (Wildman–Crippen LogP) is 13.6. The molecule has 2 saturated carbocycles. The van der Waals surface area contributed by atoms with E-state index in [0.717, 1.165) is 90.3 Å². The minimum Gasteiger partial charge on any atom is -0.396 e. The fourth-order valence-corrected chi connectivity index (χ4v) is 14.5. The lowest BCUT2D eigenvalue weighted by molar-refractivity contribution is -0.214. The summed E-state index contributed by atoms with van der Waals surface area (Å²) in [6, 6.07) is 0. The Bertz CT molecular complexity index is 1670. The molecule has 99 heavy (non-hydrogen) atoms. The highest BCUT2D eigenvalue weighted by Crippen LogP contribution is 2.36. The second-order valence-corrected chi connectivity index (χ2v) is 29.7. The van der Waals surface area contributed by atoms with Gasteiger partial charge in [0.2, 0.25) is 11.8 Å². The maximum absolute atomic E-state index is 12.8. The highest BCUT2D eigenvalue weighted by Gasteiger charge is 2.45. The average molecular weight is 1420 g/mol. The lowest BCUT2D eigenvalue weighted by Crippen LogP contribution is -2.34. The van der Waals surface area contributed by atoms with Crippen molar-refractivity contribution in [1.82, 2.24) is 15.5 Å². The first-order valence-electron chi connectivity index (χ1n) is 41.4. The fraction of sp³-hybridized carbons (Fsp3) is 0.975. The van der Waals surface area contributed by atoms with Crippen LogP contribution in [0, 0.1) is 23.7 Å². The number of unbranched alkanes of at least 4 members (excludes halogenated alkanes) is 34. The van der Waals surface area contributed by atoms with E-state index in [4.69, 9.17) is 33.2 Å². The third-order valence-corrected chi connectivity index (χ3v) is 21.1. The quantitative estimate of drug-likeness (QED) is 0.0202. The van der Waals surface area contributed by atoms with Gasteiger partial charge in [-0.2, -0.15) is 0 Å². The van der Waals surface area contributed by atoms with Gasteiger partial charge in [-0.15, -0.1) is 0 Å². The first kappa shape index (κ1) is 93.4. The molecule has 0 bridgehead atoms. The highest BCUT2D eigenvalue weighted by atomic mass is 16.6. The average Bonchev–Trinajstić information content (AvgIpc) is 1.69. The number of nitrogens with one attached hydrogen (secondary N) is 2. The Morgan fingerprint density at radius 3 is 1.00 bits per heavy atom. The van der Waals surface area contributed by atoms with Gasteiger partial charge in [0.1, 0.15) is 0 Å². The second kappa shape index (κ2) is 65.8. The molecule has 0 aromatic carbocycles. The number of hydrogen-bond donors (Lipinski definition) is 9. The van der Waals surface area contributed by atoms with E-state index in [2.05, 4.69) is 29.4 Å². The second-order valence-electron chi connectivity index (χ2n) is 29.7. The molecule has 0 spiro atoms. The molecule has 2 amide bonds. The number of amides is 2. The van der Waals surface area contributed by atoms with Crippen molar-refractivity contribution in [3.8, 4) is 0 Å². The van der Waals surface area contributed by atoms with Crippen molar-refractivity contribution in [2.45, 2.75) is 359 Å². The molecular weight excluding hydrogens is 1260 g/mol. The van der Waals surface area contributed by atoms with Crippen molar-refractivity contribution in [3.63, 3.8) is 0 Å². The Morgan fingerprint density at radius 1 is 0.384 bits per heavy atom. The Kier molecular flexibility index (Phi) is 62.1. The Morgan fingerprint density at radius 2 is 0.677 bits per heavy atom. The smallest absolute Gasteiger partial charge is 0.220 e. The molecule has 2 rings (SSSR count). The van der Waals surface area contributed by atoms with Gasteiger partial charge >= 0.3 is 0 Å². The van der Waals surface area contributed by atoms with Crippen molar-refractivity contribution in [2.24, 2.45) is 23.7 Å². The van der Waals surface area contributed by atoms with Gasteiger partial charge in [0.05, 0.1) is 109 Å². The van der Waals surface area contributed by atoms with Gasteiger partial charge in [0, 0.05) is 82.2 Å². The van der Waals surface area contributed by atoms with Crippen LogP contribution in [0.2, 0.25) is 0 Å². The largest absolute Gasteiger partial charge is 0.396 e. The molecule has 10 unspecified atom stereocenters. The van der Waals surface area contributed by atoms with Crippen molar-refractivity contribution in [3.05, 3.63) is 0 Å². The fourth-order valence-electron chi connectivity index (χ4n) is 14.5. The summed E-state index contributed by atoms with van der Waals surface area (Å²) in [7, 11) is 0. The lowest BCUT2D eigenvalue weighted by Gasteiger charge is -2.30. The molecule has 19 heteroatoms. The molecular formula is C80H157N3O16. The van der Waals surface area contributed by atoms with E-state index in [1.165, 1.54) is 180 Å². The van der Waals surface area contributed by atoms with Gasteiger partial charge < -0.3 is 84.4 Å². The minimum absolute atomic E-state index is 0.0159. The Hall–Kier alpha value is -1.66. The van der Waals surface area contributed by atoms with E-state index in [0.29, 0.717) is 124 Å². The molecule has 2 fully saturated rings. The standard InChI is InChI=1S/C80H157N3O16/c1-5-7-9-11-13-15-17-19-21-23-25-27-29-31-33-39-46-80(92,47-40-34-32-30-28-26-24-22-20-18-16-14-12-10-8-6-2)99-53-43-52-83(50-41-35-37-44-74(86)81-48-54-93-56-58-95-60-62-97-68(3)72-64-70(66-84)76(88)78(72)90)51-42-36-38-45-75(87)82-49-55-94-57-59-96-61-63-98-69(4)73-65-71(67-85)77(89)79(73)91/h68-73,76-79,84-85,88-92H,5-67H2,1-4H3,(H,81,86)(H,82,87).